The summed E-state index contributed by atoms with van der Waals surface area (Å²) >= 11 is 0. The fourth-order valence-electron chi connectivity index (χ4n) is 3.36. The van der Waals surface area contributed by atoms with Gasteiger partial charge in [-0.25, -0.2) is 9.59 Å². The lowest BCUT2D eigenvalue weighted by Gasteiger charge is -2.27. The van der Waals surface area contributed by atoms with Gasteiger partial charge in [0.25, 0.3) is 0 Å². The maximum atomic E-state index is 9.55. The van der Waals surface area contributed by atoms with Crippen molar-refractivity contribution in [3.05, 3.63) is 83.4 Å². The van der Waals surface area contributed by atoms with Crippen molar-refractivity contribution in [2.75, 3.05) is 7.05 Å². The predicted octanol–water partition coefficient (Wildman–Crippen LogP) is 3.92. The Kier molecular flexibility index (Phi) is 7.31. The molecule has 0 bridgehead atoms. The number of benzene rings is 2. The van der Waals surface area contributed by atoms with Crippen molar-refractivity contribution < 1.29 is 19.8 Å². The number of nitrogens with zero attached hydrogens (tertiary/aromatic N) is 2. The molecule has 1 aliphatic heterocycles. The minimum atomic E-state index is -1.26. The van der Waals surface area contributed by atoms with Crippen LogP contribution in [0.5, 0.6) is 0 Å². The van der Waals surface area contributed by atoms with Crippen LogP contribution in [0.15, 0.2) is 71.7 Å². The van der Waals surface area contributed by atoms with E-state index in [1.165, 1.54) is 16.7 Å². The molecule has 1 heterocycles. The average molecular weight is 394 g/mol. The quantitative estimate of drug-likeness (QED) is 0.767. The van der Waals surface area contributed by atoms with E-state index < -0.39 is 11.9 Å². The first kappa shape index (κ1) is 21.9. The van der Waals surface area contributed by atoms with Crippen LogP contribution < -0.4 is 0 Å². The summed E-state index contributed by atoms with van der Waals surface area (Å²) in [5, 5.41) is 15.6. The Labute approximate surface area is 170 Å². The third kappa shape index (κ3) is 5.54. The lowest BCUT2D eigenvalue weighted by Crippen LogP contribution is -2.26. The van der Waals surface area contributed by atoms with Gasteiger partial charge in [0.15, 0.2) is 0 Å². The van der Waals surface area contributed by atoms with E-state index in [2.05, 4.69) is 80.4 Å². The highest BCUT2D eigenvalue weighted by Crippen LogP contribution is 2.38. The molecule has 6 nitrogen and oxygen atoms in total. The van der Waals surface area contributed by atoms with Crippen molar-refractivity contribution >= 4 is 17.8 Å². The fraction of sp³-hybridized carbons (Fsp3) is 0.261. The van der Waals surface area contributed by atoms with Crippen LogP contribution in [0.1, 0.15) is 37.0 Å². The minimum Gasteiger partial charge on any atom is -0.478 e. The number of hydrogen-bond acceptors (Lipinski definition) is 4. The summed E-state index contributed by atoms with van der Waals surface area (Å²) in [6.07, 6.45) is 2.07. The second-order valence-electron chi connectivity index (χ2n) is 6.84. The Morgan fingerprint density at radius 3 is 2.14 bits per heavy atom. The molecule has 2 N–H and O–H groups in total. The van der Waals surface area contributed by atoms with Crippen LogP contribution in [0.2, 0.25) is 0 Å². The lowest BCUT2D eigenvalue weighted by atomic mass is 9.83. The van der Waals surface area contributed by atoms with Gasteiger partial charge in [-0.1, -0.05) is 61.5 Å². The monoisotopic (exact) mass is 394 g/mol. The molecule has 0 saturated carbocycles. The van der Waals surface area contributed by atoms with Crippen LogP contribution in [-0.4, -0.2) is 39.9 Å². The van der Waals surface area contributed by atoms with Crippen molar-refractivity contribution in [2.24, 2.45) is 4.99 Å². The number of carboxylic acids is 2. The van der Waals surface area contributed by atoms with Crippen LogP contribution in [-0.2, 0) is 21.7 Å². The molecule has 0 spiro atoms. The summed E-state index contributed by atoms with van der Waals surface area (Å²) in [5.41, 5.74) is 3.61. The Morgan fingerprint density at radius 2 is 1.59 bits per heavy atom. The first-order valence-corrected chi connectivity index (χ1v) is 9.35. The maximum absolute atomic E-state index is 9.55. The van der Waals surface area contributed by atoms with Crippen LogP contribution >= 0.6 is 0 Å². The Bertz CT molecular complexity index is 905. The van der Waals surface area contributed by atoms with Crippen LogP contribution in [0.4, 0.5) is 0 Å². The summed E-state index contributed by atoms with van der Waals surface area (Å²) in [6.45, 7) is 5.33. The fourth-order valence-corrected chi connectivity index (χ4v) is 3.36. The summed E-state index contributed by atoms with van der Waals surface area (Å²) in [6, 6.07) is 19.3. The molecule has 0 aliphatic carbocycles. The van der Waals surface area contributed by atoms with Gasteiger partial charge >= 0.3 is 11.9 Å². The molecule has 1 unspecified atom stereocenters. The van der Waals surface area contributed by atoms with Gasteiger partial charge in [-0.2, -0.15) is 0 Å². The molecule has 1 atom stereocenters. The van der Waals surface area contributed by atoms with Crippen molar-refractivity contribution in [3.8, 4) is 0 Å². The maximum Gasteiger partial charge on any atom is 0.328 e. The normalized spacial score (nSPS) is 18.2. The van der Waals surface area contributed by atoms with E-state index in [-0.39, 0.29) is 5.54 Å². The van der Waals surface area contributed by atoms with E-state index in [4.69, 9.17) is 15.2 Å². The summed E-state index contributed by atoms with van der Waals surface area (Å²) < 4.78 is 0. The number of amidine groups is 1. The van der Waals surface area contributed by atoms with Crippen LogP contribution in [0.3, 0.4) is 0 Å². The van der Waals surface area contributed by atoms with Gasteiger partial charge in [-0.05, 0) is 23.6 Å². The third-order valence-electron chi connectivity index (χ3n) is 4.76. The van der Waals surface area contributed by atoms with Gasteiger partial charge in [0.05, 0.1) is 0 Å². The Hall–Kier alpha value is -3.41. The zero-order chi connectivity index (χ0) is 21.4. The van der Waals surface area contributed by atoms with Gasteiger partial charge in [0, 0.05) is 32.2 Å². The second kappa shape index (κ2) is 9.68. The molecule has 152 valence electrons. The van der Waals surface area contributed by atoms with Crippen molar-refractivity contribution in [3.63, 3.8) is 0 Å². The van der Waals surface area contributed by atoms with Gasteiger partial charge < -0.3 is 15.1 Å². The van der Waals surface area contributed by atoms with Gasteiger partial charge in [0.2, 0.25) is 0 Å². The molecular formula is C23H26N2O4. The summed E-state index contributed by atoms with van der Waals surface area (Å²) in [7, 11) is 2.13. The molecular weight excluding hydrogens is 368 g/mol. The molecule has 0 aromatic heterocycles. The molecule has 0 saturated heterocycles. The number of hydrogen-bond donors (Lipinski definition) is 2. The van der Waals surface area contributed by atoms with E-state index in [1.54, 1.807) is 0 Å². The van der Waals surface area contributed by atoms with Crippen molar-refractivity contribution in [1.82, 2.24) is 4.90 Å². The smallest absolute Gasteiger partial charge is 0.328 e. The van der Waals surface area contributed by atoms with E-state index in [0.29, 0.717) is 12.2 Å². The Balaban J connectivity index is 0.000000321. The number of rotatable bonds is 4. The molecule has 3 rings (SSSR count). The summed E-state index contributed by atoms with van der Waals surface area (Å²) in [5.74, 6) is -1.35. The number of carboxylic acid groups (broad SMARTS) is 2. The zero-order valence-corrected chi connectivity index (χ0v) is 16.9. The average Bonchev–Trinajstić information content (AvgIpc) is 2.82. The van der Waals surface area contributed by atoms with Crippen LogP contribution in [0, 0.1) is 0 Å². The molecule has 0 amide bonds. The molecule has 0 radical (unpaired) electrons. The van der Waals surface area contributed by atoms with E-state index in [9.17, 15) is 9.59 Å². The SMILES string of the molecule is CCC1=NC(C)(c2ccccc2)c2ccccc2CN1C.O=C(O)/C=C/C(=O)O. The molecule has 0 fully saturated rings. The zero-order valence-electron chi connectivity index (χ0n) is 16.9. The highest BCUT2D eigenvalue weighted by atomic mass is 16.4. The van der Waals surface area contributed by atoms with Crippen molar-refractivity contribution in [2.45, 2.75) is 32.4 Å². The first-order valence-electron chi connectivity index (χ1n) is 9.35. The summed E-state index contributed by atoms with van der Waals surface area (Å²) in [4.78, 5) is 26.5. The number of fused-ring (bicyclic) bond motifs is 1. The second-order valence-corrected chi connectivity index (χ2v) is 6.84. The number of carbonyl (C=O) groups is 2. The van der Waals surface area contributed by atoms with Crippen LogP contribution in [0.25, 0.3) is 0 Å². The molecule has 2 aromatic carbocycles. The highest BCUT2D eigenvalue weighted by Gasteiger charge is 2.33. The predicted molar refractivity (Wildman–Crippen MR) is 113 cm³/mol. The first-order chi connectivity index (χ1) is 13.8. The standard InChI is InChI=1S/C19H22N2.C4H4O4/c1-4-18-20-19(2,16-11-6-5-7-12-16)17-13-9-8-10-15(17)14-21(18)3;5-3(6)1-2-4(7)8/h5-13H,4,14H2,1-3H3;1-2H,(H,5,6)(H,7,8)/b;2-1+. The van der Waals surface area contributed by atoms with Gasteiger partial charge in [-0.15, -0.1) is 0 Å². The lowest BCUT2D eigenvalue weighted by molar-refractivity contribution is -0.134. The number of aliphatic imine (C=N–C) groups is 1. The topological polar surface area (TPSA) is 90.2 Å². The molecule has 29 heavy (non-hydrogen) atoms. The molecule has 1 aliphatic rings. The highest BCUT2D eigenvalue weighted by molar-refractivity contribution is 5.89. The van der Waals surface area contributed by atoms with E-state index >= 15 is 0 Å². The third-order valence-corrected chi connectivity index (χ3v) is 4.76. The van der Waals surface area contributed by atoms with E-state index in [1.807, 2.05) is 0 Å². The van der Waals surface area contributed by atoms with Crippen molar-refractivity contribution in [1.29, 1.82) is 0 Å². The minimum absolute atomic E-state index is 0.312. The number of aliphatic carboxylic acids is 2. The largest absolute Gasteiger partial charge is 0.478 e. The Morgan fingerprint density at radius 1 is 1.03 bits per heavy atom. The molecule has 6 heteroatoms. The van der Waals surface area contributed by atoms with E-state index in [0.717, 1.165) is 18.8 Å². The molecule has 2 aromatic rings. The van der Waals surface area contributed by atoms with Gasteiger partial charge in [0.1, 0.15) is 11.4 Å². The van der Waals surface area contributed by atoms with Gasteiger partial charge in [-0.3, -0.25) is 4.99 Å².